The van der Waals surface area contributed by atoms with Crippen molar-refractivity contribution in [1.82, 2.24) is 0 Å². The molecule has 0 aliphatic heterocycles. The second-order valence-electron chi connectivity index (χ2n) is 6.61. The topological polar surface area (TPSA) is 118 Å². The van der Waals surface area contributed by atoms with Crippen LogP contribution in [0.4, 0.5) is 20.2 Å². The summed E-state index contributed by atoms with van der Waals surface area (Å²) in [7, 11) is -4.15. The fourth-order valence-electron chi connectivity index (χ4n) is 2.77. The predicted molar refractivity (Wildman–Crippen MR) is 111 cm³/mol. The third-order valence-electron chi connectivity index (χ3n) is 4.35. The fraction of sp³-hybridized carbons (Fsp3) is 0.0476. The summed E-state index contributed by atoms with van der Waals surface area (Å²) in [6, 6.07) is 12.4. The van der Waals surface area contributed by atoms with Crippen LogP contribution in [0.5, 0.6) is 0 Å². The van der Waals surface area contributed by atoms with Gasteiger partial charge in [0.05, 0.1) is 4.90 Å². The average molecular weight is 445 g/mol. The molecule has 31 heavy (non-hydrogen) atoms. The van der Waals surface area contributed by atoms with Crippen molar-refractivity contribution in [3.05, 3.63) is 89.0 Å². The number of amides is 2. The highest BCUT2D eigenvalue weighted by Crippen LogP contribution is 2.20. The van der Waals surface area contributed by atoms with Gasteiger partial charge in [-0.3, -0.25) is 14.3 Å². The second kappa shape index (κ2) is 8.52. The van der Waals surface area contributed by atoms with Crippen LogP contribution in [0.3, 0.4) is 0 Å². The minimum absolute atomic E-state index is 0.128. The number of nitrogens with one attached hydrogen (secondary N) is 2. The van der Waals surface area contributed by atoms with E-state index >= 15 is 0 Å². The number of aryl methyl sites for hydroxylation is 1. The maximum atomic E-state index is 13.3. The molecule has 0 bridgehead atoms. The van der Waals surface area contributed by atoms with E-state index in [9.17, 15) is 26.8 Å². The summed E-state index contributed by atoms with van der Waals surface area (Å²) in [5.74, 6) is -3.47. The Balaban J connectivity index is 1.72. The molecule has 0 aliphatic rings. The molecule has 0 spiro atoms. The number of halogens is 2. The van der Waals surface area contributed by atoms with Gasteiger partial charge in [-0.25, -0.2) is 17.2 Å². The number of hydrogen-bond acceptors (Lipinski definition) is 4. The van der Waals surface area contributed by atoms with Gasteiger partial charge in [0.1, 0.15) is 0 Å². The molecular formula is C21H17F2N3O4S. The minimum Gasteiger partial charge on any atom is -0.366 e. The monoisotopic (exact) mass is 445 g/mol. The van der Waals surface area contributed by atoms with Gasteiger partial charge in [0, 0.05) is 22.5 Å². The van der Waals surface area contributed by atoms with Crippen LogP contribution in [0.1, 0.15) is 26.3 Å². The van der Waals surface area contributed by atoms with Crippen LogP contribution < -0.4 is 15.8 Å². The summed E-state index contributed by atoms with van der Waals surface area (Å²) in [6.45, 7) is 1.68. The molecule has 0 atom stereocenters. The molecule has 10 heteroatoms. The Labute approximate surface area is 176 Å². The lowest BCUT2D eigenvalue weighted by atomic mass is 10.1. The van der Waals surface area contributed by atoms with Gasteiger partial charge >= 0.3 is 0 Å². The van der Waals surface area contributed by atoms with Gasteiger partial charge in [0.15, 0.2) is 11.6 Å². The molecule has 0 heterocycles. The summed E-state index contributed by atoms with van der Waals surface area (Å²) >= 11 is 0. The van der Waals surface area contributed by atoms with Gasteiger partial charge in [-0.2, -0.15) is 0 Å². The van der Waals surface area contributed by atoms with E-state index in [2.05, 4.69) is 10.0 Å². The molecule has 0 radical (unpaired) electrons. The van der Waals surface area contributed by atoms with Gasteiger partial charge in [-0.1, -0.05) is 0 Å². The largest absolute Gasteiger partial charge is 0.366 e. The molecule has 3 aromatic rings. The van der Waals surface area contributed by atoms with Crippen LogP contribution >= 0.6 is 0 Å². The van der Waals surface area contributed by atoms with Crippen LogP contribution in [-0.2, 0) is 10.0 Å². The van der Waals surface area contributed by atoms with E-state index in [4.69, 9.17) is 5.73 Å². The Bertz CT molecular complexity index is 1280. The number of primary amides is 1. The molecule has 4 N–H and O–H groups in total. The molecule has 0 saturated heterocycles. The maximum absolute atomic E-state index is 13.3. The quantitative estimate of drug-likeness (QED) is 0.539. The minimum atomic E-state index is -4.15. The van der Waals surface area contributed by atoms with Crippen LogP contribution in [0.2, 0.25) is 0 Å². The number of benzene rings is 3. The van der Waals surface area contributed by atoms with Crippen LogP contribution in [-0.4, -0.2) is 20.2 Å². The molecule has 160 valence electrons. The standard InChI is InChI=1S/C21H17F2N3O4S/c1-12-10-15(6-8-17(12)20(24)27)25-21(28)13-2-4-14(5-3-13)26-31(29,30)16-7-9-18(22)19(23)11-16/h2-11,26H,1H3,(H2,24,27)(H,25,28). The number of carbonyl (C=O) groups excluding carboxylic acids is 2. The summed E-state index contributed by atoms with van der Waals surface area (Å²) in [5.41, 5.74) is 7.03. The molecule has 0 fully saturated rings. The number of rotatable bonds is 6. The summed E-state index contributed by atoms with van der Waals surface area (Å²) < 4.78 is 53.2. The third kappa shape index (κ3) is 5.04. The number of anilines is 2. The molecule has 0 unspecified atom stereocenters. The first-order valence-electron chi connectivity index (χ1n) is 8.86. The highest BCUT2D eigenvalue weighted by atomic mass is 32.2. The molecule has 3 rings (SSSR count). The zero-order chi connectivity index (χ0) is 22.8. The summed E-state index contributed by atoms with van der Waals surface area (Å²) in [6.07, 6.45) is 0. The van der Waals surface area contributed by atoms with Crippen molar-refractivity contribution in [3.63, 3.8) is 0 Å². The highest BCUT2D eigenvalue weighted by Gasteiger charge is 2.17. The smallest absolute Gasteiger partial charge is 0.261 e. The van der Waals surface area contributed by atoms with E-state index in [0.717, 1.165) is 12.1 Å². The molecule has 0 saturated carbocycles. The van der Waals surface area contributed by atoms with E-state index in [0.29, 0.717) is 22.9 Å². The zero-order valence-electron chi connectivity index (χ0n) is 16.1. The fourth-order valence-corrected chi connectivity index (χ4v) is 3.84. The van der Waals surface area contributed by atoms with Crippen molar-refractivity contribution in [3.8, 4) is 0 Å². The zero-order valence-corrected chi connectivity index (χ0v) is 17.0. The lowest BCUT2D eigenvalue weighted by Crippen LogP contribution is -2.15. The Hall–Kier alpha value is -3.79. The van der Waals surface area contributed by atoms with Gasteiger partial charge < -0.3 is 11.1 Å². The Morgan fingerprint density at radius 2 is 1.52 bits per heavy atom. The maximum Gasteiger partial charge on any atom is 0.261 e. The Morgan fingerprint density at radius 3 is 2.10 bits per heavy atom. The predicted octanol–water partition coefficient (Wildman–Crippen LogP) is 3.43. The number of carbonyl (C=O) groups is 2. The van der Waals surface area contributed by atoms with Crippen molar-refractivity contribution < 1.29 is 26.8 Å². The number of nitrogens with two attached hydrogens (primary N) is 1. The first-order chi connectivity index (χ1) is 14.6. The van der Waals surface area contributed by atoms with E-state index in [1.54, 1.807) is 13.0 Å². The van der Waals surface area contributed by atoms with Gasteiger partial charge in [0.25, 0.3) is 15.9 Å². The average Bonchev–Trinajstić information content (AvgIpc) is 2.70. The highest BCUT2D eigenvalue weighted by molar-refractivity contribution is 7.92. The van der Waals surface area contributed by atoms with Crippen molar-refractivity contribution in [2.75, 3.05) is 10.0 Å². The first-order valence-corrected chi connectivity index (χ1v) is 10.3. The molecular weight excluding hydrogens is 428 g/mol. The van der Waals surface area contributed by atoms with Crippen LogP contribution in [0.15, 0.2) is 65.6 Å². The van der Waals surface area contributed by atoms with Crippen molar-refractivity contribution >= 4 is 33.2 Å². The molecule has 0 aromatic heterocycles. The van der Waals surface area contributed by atoms with Crippen molar-refractivity contribution in [1.29, 1.82) is 0 Å². The SMILES string of the molecule is Cc1cc(NC(=O)c2ccc(NS(=O)(=O)c3ccc(F)c(F)c3)cc2)ccc1C(N)=O. The van der Waals surface area contributed by atoms with E-state index < -0.39 is 38.4 Å². The molecule has 7 nitrogen and oxygen atoms in total. The molecule has 3 aromatic carbocycles. The lowest BCUT2D eigenvalue weighted by molar-refractivity contribution is 0.0997. The Kier molecular flexibility index (Phi) is 6.02. The molecule has 2 amide bonds. The van der Waals surface area contributed by atoms with E-state index in [1.165, 1.54) is 36.4 Å². The van der Waals surface area contributed by atoms with Crippen LogP contribution in [0.25, 0.3) is 0 Å². The normalized spacial score (nSPS) is 11.1. The van der Waals surface area contributed by atoms with Gasteiger partial charge in [-0.15, -0.1) is 0 Å². The van der Waals surface area contributed by atoms with E-state index in [-0.39, 0.29) is 11.3 Å². The Morgan fingerprint density at radius 1 is 0.871 bits per heavy atom. The molecule has 0 aliphatic carbocycles. The summed E-state index contributed by atoms with van der Waals surface area (Å²) in [4.78, 5) is 23.3. The first kappa shape index (κ1) is 21.9. The third-order valence-corrected chi connectivity index (χ3v) is 5.73. The van der Waals surface area contributed by atoms with Crippen molar-refractivity contribution in [2.45, 2.75) is 11.8 Å². The van der Waals surface area contributed by atoms with Gasteiger partial charge in [0.2, 0.25) is 5.91 Å². The number of sulfonamides is 1. The lowest BCUT2D eigenvalue weighted by Gasteiger charge is -2.10. The van der Waals surface area contributed by atoms with Gasteiger partial charge in [-0.05, 0) is 73.2 Å². The summed E-state index contributed by atoms with van der Waals surface area (Å²) in [5, 5.41) is 2.66. The van der Waals surface area contributed by atoms with Crippen LogP contribution in [0, 0.1) is 18.6 Å². The second-order valence-corrected chi connectivity index (χ2v) is 8.29. The van der Waals surface area contributed by atoms with E-state index in [1.807, 2.05) is 0 Å². The van der Waals surface area contributed by atoms with Crippen molar-refractivity contribution in [2.24, 2.45) is 5.73 Å². The number of hydrogen-bond donors (Lipinski definition) is 3.